The van der Waals surface area contributed by atoms with Crippen LogP contribution in [-0.4, -0.2) is 10.4 Å². The second kappa shape index (κ2) is 12.9. The molecule has 0 N–H and O–H groups in total. The molecule has 270 valence electrons. The van der Waals surface area contributed by atoms with Gasteiger partial charge in [-0.05, 0) is 101 Å². The molecule has 1 unspecified atom stereocenters. The van der Waals surface area contributed by atoms with Crippen molar-refractivity contribution in [2.45, 2.75) is 25.3 Å². The molecule has 7 aromatic carbocycles. The molecule has 2 aliphatic rings. The molecular formula is C54H38N2S. The van der Waals surface area contributed by atoms with Crippen LogP contribution in [-0.2, 0) is 6.42 Å². The van der Waals surface area contributed by atoms with Crippen molar-refractivity contribution in [2.24, 2.45) is 0 Å². The molecule has 1 atom stereocenters. The number of thiophene rings is 1. The SMILES string of the molecule is C1=Cc2c(c3c(-c4ccc(N(c5ccc(-c6cccc7c6sc6ccccc67)cc5)C5C=CC(c6ccccc6)=CC5)cc4)ccc4c5ccccc5n2c34)CC1. The first-order chi connectivity index (χ1) is 28.3. The van der Waals surface area contributed by atoms with Crippen LogP contribution in [0.3, 0.4) is 0 Å². The third kappa shape index (κ3) is 5.09. The van der Waals surface area contributed by atoms with E-state index in [0.717, 1.165) is 19.3 Å². The first-order valence-electron chi connectivity index (χ1n) is 20.1. The fourth-order valence-electron chi connectivity index (χ4n) is 9.72. The van der Waals surface area contributed by atoms with E-state index in [0.29, 0.717) is 0 Å². The molecule has 2 aliphatic carbocycles. The topological polar surface area (TPSA) is 7.65 Å². The Balaban J connectivity index is 0.951. The third-order valence-electron chi connectivity index (χ3n) is 12.4. The number of benzene rings is 7. The van der Waals surface area contributed by atoms with Crippen LogP contribution < -0.4 is 4.90 Å². The monoisotopic (exact) mass is 746 g/mol. The fourth-order valence-corrected chi connectivity index (χ4v) is 11.0. The molecule has 0 aliphatic heterocycles. The van der Waals surface area contributed by atoms with Gasteiger partial charge in [-0.2, -0.15) is 0 Å². The minimum Gasteiger partial charge on any atom is -0.334 e. The lowest BCUT2D eigenvalue weighted by molar-refractivity contribution is 0.787. The number of hydrogen-bond donors (Lipinski definition) is 0. The van der Waals surface area contributed by atoms with Crippen LogP contribution in [0.2, 0.25) is 0 Å². The zero-order valence-electron chi connectivity index (χ0n) is 31.4. The van der Waals surface area contributed by atoms with Gasteiger partial charge in [-0.1, -0.05) is 146 Å². The molecule has 3 heteroatoms. The van der Waals surface area contributed by atoms with Crippen molar-refractivity contribution in [1.82, 2.24) is 4.40 Å². The zero-order valence-corrected chi connectivity index (χ0v) is 32.2. The maximum atomic E-state index is 2.52. The van der Waals surface area contributed by atoms with Gasteiger partial charge in [-0.3, -0.25) is 0 Å². The van der Waals surface area contributed by atoms with Crippen molar-refractivity contribution in [3.05, 3.63) is 199 Å². The van der Waals surface area contributed by atoms with Gasteiger partial charge in [-0.25, -0.2) is 0 Å². The molecule has 0 bridgehead atoms. The summed E-state index contributed by atoms with van der Waals surface area (Å²) in [7, 11) is 0. The molecule has 3 heterocycles. The summed E-state index contributed by atoms with van der Waals surface area (Å²) >= 11 is 1.89. The minimum atomic E-state index is 0.173. The summed E-state index contributed by atoms with van der Waals surface area (Å²) in [6.07, 6.45) is 14.8. The highest BCUT2D eigenvalue weighted by Gasteiger charge is 2.25. The van der Waals surface area contributed by atoms with Crippen LogP contribution in [0, 0.1) is 0 Å². The molecule has 0 fully saturated rings. The molecular weight excluding hydrogens is 709 g/mol. The molecule has 10 aromatic rings. The van der Waals surface area contributed by atoms with Gasteiger partial charge in [-0.15, -0.1) is 11.3 Å². The zero-order chi connectivity index (χ0) is 37.5. The van der Waals surface area contributed by atoms with E-state index >= 15 is 0 Å². The van der Waals surface area contributed by atoms with E-state index < -0.39 is 0 Å². The summed E-state index contributed by atoms with van der Waals surface area (Å²) < 4.78 is 5.20. The summed E-state index contributed by atoms with van der Waals surface area (Å²) in [5.41, 5.74) is 15.5. The molecule has 0 radical (unpaired) electrons. The first kappa shape index (κ1) is 32.6. The van der Waals surface area contributed by atoms with Gasteiger partial charge in [0.25, 0.3) is 0 Å². The van der Waals surface area contributed by atoms with E-state index in [1.807, 2.05) is 11.3 Å². The van der Waals surface area contributed by atoms with Gasteiger partial charge in [0.15, 0.2) is 0 Å². The van der Waals surface area contributed by atoms with Crippen molar-refractivity contribution in [2.75, 3.05) is 4.90 Å². The van der Waals surface area contributed by atoms with Crippen molar-refractivity contribution >= 4 is 81.7 Å². The van der Waals surface area contributed by atoms with Gasteiger partial charge in [0, 0.05) is 53.4 Å². The summed E-state index contributed by atoms with van der Waals surface area (Å²) in [5.74, 6) is 0. The molecule has 57 heavy (non-hydrogen) atoms. The number of aryl methyl sites for hydroxylation is 1. The lowest BCUT2D eigenvalue weighted by Crippen LogP contribution is -2.30. The molecule has 3 aromatic heterocycles. The Morgan fingerprint density at radius 2 is 1.28 bits per heavy atom. The van der Waals surface area contributed by atoms with Gasteiger partial charge in [0.05, 0.1) is 17.1 Å². The first-order valence-corrected chi connectivity index (χ1v) is 20.9. The van der Waals surface area contributed by atoms with Crippen LogP contribution in [0.15, 0.2) is 182 Å². The van der Waals surface area contributed by atoms with Gasteiger partial charge >= 0.3 is 0 Å². The molecule has 2 nitrogen and oxygen atoms in total. The smallest absolute Gasteiger partial charge is 0.0623 e. The highest BCUT2D eigenvalue weighted by molar-refractivity contribution is 7.26. The molecule has 12 rings (SSSR count). The van der Waals surface area contributed by atoms with Crippen LogP contribution in [0.4, 0.5) is 11.4 Å². The molecule has 0 saturated heterocycles. The van der Waals surface area contributed by atoms with E-state index in [-0.39, 0.29) is 6.04 Å². The molecule has 0 saturated carbocycles. The van der Waals surface area contributed by atoms with Gasteiger partial charge in [0.1, 0.15) is 0 Å². The highest BCUT2D eigenvalue weighted by atomic mass is 32.1. The van der Waals surface area contributed by atoms with E-state index in [1.165, 1.54) is 103 Å². The van der Waals surface area contributed by atoms with E-state index in [9.17, 15) is 0 Å². The van der Waals surface area contributed by atoms with Crippen molar-refractivity contribution in [3.63, 3.8) is 0 Å². The van der Waals surface area contributed by atoms with E-state index in [1.54, 1.807) is 0 Å². The maximum absolute atomic E-state index is 2.52. The van der Waals surface area contributed by atoms with E-state index in [2.05, 4.69) is 197 Å². The number of nitrogens with zero attached hydrogens (tertiary/aromatic N) is 2. The third-order valence-corrected chi connectivity index (χ3v) is 13.6. The number of rotatable bonds is 6. The summed E-state index contributed by atoms with van der Waals surface area (Å²) in [6.45, 7) is 0. The Morgan fingerprint density at radius 1 is 0.561 bits per heavy atom. The van der Waals surface area contributed by atoms with E-state index in [4.69, 9.17) is 0 Å². The summed E-state index contributed by atoms with van der Waals surface area (Å²) in [6, 6.07) is 58.6. The predicted molar refractivity (Wildman–Crippen MR) is 245 cm³/mol. The maximum Gasteiger partial charge on any atom is 0.0623 e. The van der Waals surface area contributed by atoms with Crippen molar-refractivity contribution in [3.8, 4) is 22.3 Å². The number of aromatic nitrogens is 1. The largest absolute Gasteiger partial charge is 0.334 e. The quantitative estimate of drug-likeness (QED) is 0.164. The number of allylic oxidation sites excluding steroid dienone is 3. The van der Waals surface area contributed by atoms with Crippen LogP contribution in [0.25, 0.3) is 81.3 Å². The minimum absolute atomic E-state index is 0.173. The van der Waals surface area contributed by atoms with Crippen molar-refractivity contribution < 1.29 is 0 Å². The van der Waals surface area contributed by atoms with Crippen molar-refractivity contribution in [1.29, 1.82) is 0 Å². The Morgan fingerprint density at radius 3 is 2.07 bits per heavy atom. The second-order valence-corrected chi connectivity index (χ2v) is 16.5. The molecule has 0 amide bonds. The normalized spacial score (nSPS) is 15.3. The number of hydrogen-bond acceptors (Lipinski definition) is 2. The summed E-state index contributed by atoms with van der Waals surface area (Å²) in [5, 5.41) is 6.74. The number of para-hydroxylation sites is 1. The second-order valence-electron chi connectivity index (χ2n) is 15.5. The van der Waals surface area contributed by atoms with Crippen LogP contribution in [0.5, 0.6) is 0 Å². The Hall–Kier alpha value is -6.68. The highest BCUT2D eigenvalue weighted by Crippen LogP contribution is 2.45. The summed E-state index contributed by atoms with van der Waals surface area (Å²) in [4.78, 5) is 2.52. The Kier molecular flexibility index (Phi) is 7.39. The van der Waals surface area contributed by atoms with Crippen LogP contribution >= 0.6 is 11.3 Å². The van der Waals surface area contributed by atoms with Crippen LogP contribution in [0.1, 0.15) is 29.7 Å². The van der Waals surface area contributed by atoms with Gasteiger partial charge < -0.3 is 9.30 Å². The predicted octanol–water partition coefficient (Wildman–Crippen LogP) is 14.9. The van der Waals surface area contributed by atoms with Gasteiger partial charge in [0.2, 0.25) is 0 Å². The molecule has 0 spiro atoms. The Bertz CT molecular complexity index is 3250. The fraction of sp³-hybridized carbons (Fsp3) is 0.0741. The lowest BCUT2D eigenvalue weighted by atomic mass is 9.92. The lowest BCUT2D eigenvalue weighted by Gasteiger charge is -2.33. The standard InChI is InChI=1S/C54H38N2S/c1-2-11-35(12-3-1)36-21-27-39(28-22-36)55(41-31-25-38(26-32-41)43-16-10-17-47-45-14-6-9-20-51(45)57-54(43)47)40-29-23-37(24-30-40)42-33-34-46-44-13-4-7-18-49(44)56-50-19-8-5-15-48(50)52(42)53(46)56/h1-4,6-14,16-27,29-34,39H,5,15,28H2. The average molecular weight is 747 g/mol. The number of anilines is 2. The average Bonchev–Trinajstić information content (AvgIpc) is 3.95. The number of fused-ring (bicyclic) bond motifs is 9. The Labute approximate surface area is 335 Å².